The lowest BCUT2D eigenvalue weighted by Gasteiger charge is -2.22. The van der Waals surface area contributed by atoms with Crippen LogP contribution >= 0.6 is 0 Å². The number of nitrogens with one attached hydrogen (secondary N) is 3. The lowest BCUT2D eigenvalue weighted by molar-refractivity contribution is 0.154. The minimum absolute atomic E-state index is 0.0169. The summed E-state index contributed by atoms with van der Waals surface area (Å²) >= 11 is 0. The number of halogens is 1. The van der Waals surface area contributed by atoms with E-state index in [1.165, 1.54) is 31.4 Å². The molecule has 1 saturated carbocycles. The third-order valence-electron chi connectivity index (χ3n) is 7.91. The molecule has 6 aromatic rings. The Balaban J connectivity index is 1.23. The summed E-state index contributed by atoms with van der Waals surface area (Å²) in [4.78, 5) is 16.9. The fourth-order valence-corrected chi connectivity index (χ4v) is 6.24. The minimum atomic E-state index is -3.43. The number of fused-ring (bicyclic) bond motifs is 2. The molecule has 1 fully saturated rings. The van der Waals surface area contributed by atoms with Crippen molar-refractivity contribution in [3.05, 3.63) is 78.6 Å². The van der Waals surface area contributed by atoms with Gasteiger partial charge in [-0.1, -0.05) is 6.42 Å². The summed E-state index contributed by atoms with van der Waals surface area (Å²) in [6.45, 7) is -0.0169. The zero-order valence-corrected chi connectivity index (χ0v) is 24.8. The van der Waals surface area contributed by atoms with E-state index in [1.54, 1.807) is 30.9 Å². The number of nitrogens with zero attached hydrogens (tertiary/aromatic N) is 4. The minimum Gasteiger partial charge on any atom is -0.489 e. The molecule has 1 aliphatic carbocycles. The van der Waals surface area contributed by atoms with Crippen molar-refractivity contribution in [2.45, 2.75) is 44.8 Å². The Labute approximate surface area is 253 Å². The Bertz CT molecular complexity index is 2100. The zero-order valence-electron chi connectivity index (χ0n) is 24.0. The van der Waals surface area contributed by atoms with E-state index in [4.69, 9.17) is 4.74 Å². The van der Waals surface area contributed by atoms with Crippen molar-refractivity contribution in [3.63, 3.8) is 0 Å². The largest absolute Gasteiger partial charge is 0.489 e. The highest BCUT2D eigenvalue weighted by Gasteiger charge is 2.18. The maximum Gasteiger partial charge on any atom is 0.209 e. The molecule has 1 aromatic carbocycles. The second-order valence-corrected chi connectivity index (χ2v) is 13.1. The summed E-state index contributed by atoms with van der Waals surface area (Å²) in [7, 11) is -3.43. The van der Waals surface area contributed by atoms with Crippen LogP contribution in [0, 0.1) is 5.82 Å². The molecule has 5 aromatic heterocycles. The molecule has 12 heteroatoms. The topological polar surface area (TPSA) is 139 Å². The van der Waals surface area contributed by atoms with Crippen molar-refractivity contribution < 1.29 is 17.5 Å². The van der Waals surface area contributed by atoms with E-state index in [1.807, 2.05) is 24.3 Å². The van der Waals surface area contributed by atoms with Gasteiger partial charge in [0.15, 0.2) is 0 Å². The third kappa shape index (κ3) is 5.90. The summed E-state index contributed by atoms with van der Waals surface area (Å²) in [5, 5.41) is 9.28. The molecule has 0 amide bonds. The number of benzene rings is 1. The lowest BCUT2D eigenvalue weighted by atomic mass is 9.98. The average Bonchev–Trinajstić information content (AvgIpc) is 3.64. The molecule has 1 aliphatic rings. The maximum absolute atomic E-state index is 14.6. The van der Waals surface area contributed by atoms with Crippen molar-refractivity contribution in [2.24, 2.45) is 0 Å². The first-order valence-corrected chi connectivity index (χ1v) is 16.4. The van der Waals surface area contributed by atoms with Crippen LogP contribution in [0.25, 0.3) is 55.7 Å². The molecule has 7 rings (SSSR count). The molecule has 0 atom stereocenters. The predicted octanol–water partition coefficient (Wildman–Crippen LogP) is 6.13. The highest BCUT2D eigenvalue weighted by atomic mass is 32.2. The van der Waals surface area contributed by atoms with Gasteiger partial charge in [-0.05, 0) is 84.8 Å². The summed E-state index contributed by atoms with van der Waals surface area (Å²) in [5.74, 6) is 0.278. The van der Waals surface area contributed by atoms with Crippen molar-refractivity contribution in [1.82, 2.24) is 34.9 Å². The first-order valence-electron chi connectivity index (χ1n) is 14.5. The number of aromatic nitrogens is 6. The lowest BCUT2D eigenvalue weighted by Crippen LogP contribution is -2.21. The molecule has 0 spiro atoms. The second-order valence-electron chi connectivity index (χ2n) is 11.2. The third-order valence-corrected chi connectivity index (χ3v) is 8.57. The number of aromatic amines is 2. The number of rotatable bonds is 8. The van der Waals surface area contributed by atoms with Gasteiger partial charge in [0.2, 0.25) is 10.0 Å². The van der Waals surface area contributed by atoms with Gasteiger partial charge in [-0.15, -0.1) is 0 Å². The number of hydrogen-bond acceptors (Lipinski definition) is 7. The van der Waals surface area contributed by atoms with Gasteiger partial charge in [0, 0.05) is 35.3 Å². The molecule has 0 aliphatic heterocycles. The van der Waals surface area contributed by atoms with Crippen molar-refractivity contribution >= 4 is 32.0 Å². The van der Waals surface area contributed by atoms with Crippen LogP contribution in [0.4, 0.5) is 4.39 Å². The van der Waals surface area contributed by atoms with Crippen LogP contribution in [0.1, 0.15) is 37.7 Å². The van der Waals surface area contributed by atoms with E-state index in [0.717, 1.165) is 63.7 Å². The van der Waals surface area contributed by atoms with Crippen LogP contribution < -0.4 is 9.46 Å². The van der Waals surface area contributed by atoms with Gasteiger partial charge in [0.25, 0.3) is 0 Å². The molecule has 0 bridgehead atoms. The Morgan fingerprint density at radius 1 is 0.977 bits per heavy atom. The normalized spacial score (nSPS) is 14.4. The predicted molar refractivity (Wildman–Crippen MR) is 167 cm³/mol. The molecule has 44 heavy (non-hydrogen) atoms. The standard InChI is InChI=1S/C32H30FN7O3S/c1-44(41,42)37-15-19-9-20(11-22(33)10-19)25-7-8-35-32-26(25)13-29(38-32)31-27-14-28(36-18-30(27)39-40-31)21-12-24(17-34-16-21)43-23-5-3-2-4-6-23/h7-14,16-18,23,37H,2-6,15H2,1H3,(H,35,38)(H,39,40). The van der Waals surface area contributed by atoms with Crippen LogP contribution in [0.5, 0.6) is 5.75 Å². The monoisotopic (exact) mass is 611 g/mol. The SMILES string of the molecule is CS(=O)(=O)NCc1cc(F)cc(-c2ccnc3[nH]c(-c4n[nH]c5cnc(-c6cncc(OC7CCCCC7)c6)cc45)cc23)c1. The van der Waals surface area contributed by atoms with Crippen molar-refractivity contribution in [1.29, 1.82) is 0 Å². The van der Waals surface area contributed by atoms with Gasteiger partial charge >= 0.3 is 0 Å². The molecule has 0 unspecified atom stereocenters. The smallest absolute Gasteiger partial charge is 0.209 e. The fraction of sp³-hybridized carbons (Fsp3) is 0.250. The van der Waals surface area contributed by atoms with Crippen molar-refractivity contribution in [3.8, 4) is 39.5 Å². The molecular formula is C32H30FN7O3S. The highest BCUT2D eigenvalue weighted by Crippen LogP contribution is 2.35. The van der Waals surface area contributed by atoms with E-state index >= 15 is 0 Å². The van der Waals surface area contributed by atoms with Crippen LogP contribution in [0.3, 0.4) is 0 Å². The fourth-order valence-electron chi connectivity index (χ4n) is 5.81. The first-order chi connectivity index (χ1) is 21.3. The van der Waals surface area contributed by atoms with Crippen LogP contribution in [-0.4, -0.2) is 50.9 Å². The van der Waals surface area contributed by atoms with Gasteiger partial charge in [0.05, 0.1) is 41.7 Å². The van der Waals surface area contributed by atoms with Crippen LogP contribution in [0.15, 0.2) is 67.3 Å². The van der Waals surface area contributed by atoms with E-state index < -0.39 is 15.8 Å². The van der Waals surface area contributed by atoms with Gasteiger partial charge < -0.3 is 9.72 Å². The summed E-state index contributed by atoms with van der Waals surface area (Å²) < 4.78 is 46.4. The summed E-state index contributed by atoms with van der Waals surface area (Å²) in [6.07, 6.45) is 14.0. The van der Waals surface area contributed by atoms with E-state index in [0.29, 0.717) is 22.5 Å². The molecule has 0 radical (unpaired) electrons. The van der Waals surface area contributed by atoms with E-state index in [-0.39, 0.29) is 12.6 Å². The first kappa shape index (κ1) is 28.1. The van der Waals surface area contributed by atoms with Crippen LogP contribution in [-0.2, 0) is 16.6 Å². The van der Waals surface area contributed by atoms with Gasteiger partial charge in [-0.3, -0.25) is 15.1 Å². The van der Waals surface area contributed by atoms with Crippen molar-refractivity contribution in [2.75, 3.05) is 6.26 Å². The molecule has 10 nitrogen and oxygen atoms in total. The summed E-state index contributed by atoms with van der Waals surface area (Å²) in [6, 6.07) is 12.2. The van der Waals surface area contributed by atoms with Crippen LogP contribution in [0.2, 0.25) is 0 Å². The molecule has 3 N–H and O–H groups in total. The Morgan fingerprint density at radius 2 is 1.84 bits per heavy atom. The highest BCUT2D eigenvalue weighted by molar-refractivity contribution is 7.88. The maximum atomic E-state index is 14.6. The molecule has 224 valence electrons. The zero-order chi connectivity index (χ0) is 30.3. The average molecular weight is 612 g/mol. The summed E-state index contributed by atoms with van der Waals surface area (Å²) in [5.41, 5.74) is 6.25. The van der Waals surface area contributed by atoms with E-state index in [9.17, 15) is 12.8 Å². The van der Waals surface area contributed by atoms with Gasteiger partial charge in [0.1, 0.15) is 22.9 Å². The number of H-pyrrole nitrogens is 2. The number of hydrogen-bond donors (Lipinski definition) is 3. The number of pyridine rings is 3. The molecular weight excluding hydrogens is 581 g/mol. The number of sulfonamides is 1. The Hall–Kier alpha value is -4.68. The Kier molecular flexibility index (Phi) is 7.31. The van der Waals surface area contributed by atoms with E-state index in [2.05, 4.69) is 34.9 Å². The van der Waals surface area contributed by atoms with Gasteiger partial charge in [-0.25, -0.2) is 22.5 Å². The van der Waals surface area contributed by atoms with Gasteiger partial charge in [-0.2, -0.15) is 5.10 Å². The Morgan fingerprint density at radius 3 is 2.68 bits per heavy atom. The number of ether oxygens (including phenoxy) is 1. The molecule has 0 saturated heterocycles. The quantitative estimate of drug-likeness (QED) is 0.188. The second kappa shape index (κ2) is 11.4. The molecule has 5 heterocycles.